The predicted molar refractivity (Wildman–Crippen MR) is 117 cm³/mol. The first-order chi connectivity index (χ1) is 12.0. The molecule has 0 aromatic carbocycles. The Balaban J connectivity index is 0.00000338. The molecule has 2 heterocycles. The average molecular weight is 478 g/mol. The summed E-state index contributed by atoms with van der Waals surface area (Å²) in [6.07, 6.45) is 1.56. The number of aromatic nitrogens is 3. The van der Waals surface area contributed by atoms with Gasteiger partial charge in [-0.2, -0.15) is 5.10 Å². The number of aryl methyl sites for hydroxylation is 1. The molecule has 1 aliphatic heterocycles. The highest BCUT2D eigenvalue weighted by molar-refractivity contribution is 14.0. The normalized spacial score (nSPS) is 17.8. The first-order valence-corrected chi connectivity index (χ1v) is 9.29. The summed E-state index contributed by atoms with van der Waals surface area (Å²) in [4.78, 5) is 13.9. The van der Waals surface area contributed by atoms with Gasteiger partial charge in [0, 0.05) is 52.4 Å². The Morgan fingerprint density at radius 2 is 1.88 bits per heavy atom. The SMILES string of the molecule is CCNC(=NCc1ncnn1C)NCC(C(C)C)N1CCN(C)CC1.I. The fourth-order valence-corrected chi connectivity index (χ4v) is 3.10. The number of piperazine rings is 1. The number of aliphatic imine (C=N–C) groups is 1. The van der Waals surface area contributed by atoms with Crippen molar-refractivity contribution in [3.05, 3.63) is 12.2 Å². The van der Waals surface area contributed by atoms with Crippen LogP contribution in [0.2, 0.25) is 0 Å². The molecular formula is C17H35IN8. The van der Waals surface area contributed by atoms with Crippen LogP contribution in [-0.4, -0.2) is 82.9 Å². The molecule has 2 rings (SSSR count). The summed E-state index contributed by atoms with van der Waals surface area (Å²) in [5.74, 6) is 2.29. The van der Waals surface area contributed by atoms with Gasteiger partial charge in [0.2, 0.25) is 0 Å². The van der Waals surface area contributed by atoms with Crippen molar-refractivity contribution in [3.8, 4) is 0 Å². The molecule has 1 saturated heterocycles. The molecule has 150 valence electrons. The molecule has 0 aliphatic carbocycles. The average Bonchev–Trinajstić information content (AvgIpc) is 2.99. The number of hydrogen-bond donors (Lipinski definition) is 2. The Morgan fingerprint density at radius 1 is 1.19 bits per heavy atom. The first-order valence-electron chi connectivity index (χ1n) is 9.29. The number of halogens is 1. The van der Waals surface area contributed by atoms with E-state index < -0.39 is 0 Å². The number of nitrogens with zero attached hydrogens (tertiary/aromatic N) is 6. The lowest BCUT2D eigenvalue weighted by Gasteiger charge is -2.40. The lowest BCUT2D eigenvalue weighted by atomic mass is 10.0. The maximum atomic E-state index is 4.65. The number of likely N-dealkylation sites (N-methyl/N-ethyl adjacent to an activating group) is 1. The Bertz CT molecular complexity index is 537. The maximum absolute atomic E-state index is 4.65. The number of nitrogens with one attached hydrogen (secondary N) is 2. The van der Waals surface area contributed by atoms with E-state index in [1.54, 1.807) is 11.0 Å². The summed E-state index contributed by atoms with van der Waals surface area (Å²) in [6, 6.07) is 0.507. The fourth-order valence-electron chi connectivity index (χ4n) is 3.10. The van der Waals surface area contributed by atoms with Crippen molar-refractivity contribution in [3.63, 3.8) is 0 Å². The third kappa shape index (κ3) is 6.99. The molecule has 0 saturated carbocycles. The molecular weight excluding hydrogens is 443 g/mol. The molecule has 9 heteroatoms. The van der Waals surface area contributed by atoms with Gasteiger partial charge in [-0.15, -0.1) is 24.0 Å². The molecule has 0 spiro atoms. The van der Waals surface area contributed by atoms with Crippen molar-refractivity contribution in [1.82, 2.24) is 35.2 Å². The Kier molecular flexibility index (Phi) is 10.4. The van der Waals surface area contributed by atoms with Crippen molar-refractivity contribution in [2.45, 2.75) is 33.4 Å². The summed E-state index contributed by atoms with van der Waals surface area (Å²) >= 11 is 0. The molecule has 2 N–H and O–H groups in total. The summed E-state index contributed by atoms with van der Waals surface area (Å²) in [5.41, 5.74) is 0. The second-order valence-electron chi connectivity index (χ2n) is 7.03. The number of hydrogen-bond acceptors (Lipinski definition) is 5. The smallest absolute Gasteiger partial charge is 0.191 e. The van der Waals surface area contributed by atoms with E-state index in [1.807, 2.05) is 7.05 Å². The van der Waals surface area contributed by atoms with Gasteiger partial charge in [-0.1, -0.05) is 13.8 Å². The van der Waals surface area contributed by atoms with Crippen LogP contribution in [0.5, 0.6) is 0 Å². The minimum absolute atomic E-state index is 0. The van der Waals surface area contributed by atoms with Crippen LogP contribution < -0.4 is 10.6 Å². The summed E-state index contributed by atoms with van der Waals surface area (Å²) in [7, 11) is 4.09. The molecule has 1 aromatic rings. The molecule has 0 bridgehead atoms. The topological polar surface area (TPSA) is 73.6 Å². The molecule has 1 atom stereocenters. The van der Waals surface area contributed by atoms with E-state index in [0.717, 1.165) is 51.1 Å². The van der Waals surface area contributed by atoms with Crippen molar-refractivity contribution in [2.75, 3.05) is 46.3 Å². The Labute approximate surface area is 174 Å². The predicted octanol–water partition coefficient (Wildman–Crippen LogP) is 0.760. The molecule has 1 unspecified atom stereocenters. The zero-order valence-electron chi connectivity index (χ0n) is 16.8. The van der Waals surface area contributed by atoms with Gasteiger partial charge in [0.05, 0.1) is 0 Å². The summed E-state index contributed by atoms with van der Waals surface area (Å²) in [5, 5.41) is 10.9. The molecule has 8 nitrogen and oxygen atoms in total. The van der Waals surface area contributed by atoms with E-state index in [4.69, 9.17) is 0 Å². The van der Waals surface area contributed by atoms with Crippen molar-refractivity contribution in [1.29, 1.82) is 0 Å². The highest BCUT2D eigenvalue weighted by atomic mass is 127. The van der Waals surface area contributed by atoms with Crippen molar-refractivity contribution >= 4 is 29.9 Å². The van der Waals surface area contributed by atoms with Crippen molar-refractivity contribution < 1.29 is 0 Å². The number of guanidine groups is 1. The quantitative estimate of drug-likeness (QED) is 0.343. The van der Waals surface area contributed by atoms with Gasteiger partial charge < -0.3 is 15.5 Å². The standard InChI is InChI=1S/C17H34N8.HI/c1-6-18-17(20-12-16-21-13-22-24(16)5)19-11-15(14(2)3)25-9-7-23(4)8-10-25;/h13-15H,6-12H2,1-5H3,(H2,18,19,20);1H. The van der Waals surface area contributed by atoms with Gasteiger partial charge in [-0.3, -0.25) is 9.58 Å². The van der Waals surface area contributed by atoms with E-state index >= 15 is 0 Å². The van der Waals surface area contributed by atoms with Crippen LogP contribution in [-0.2, 0) is 13.6 Å². The van der Waals surface area contributed by atoms with E-state index in [2.05, 4.69) is 63.3 Å². The minimum Gasteiger partial charge on any atom is -0.357 e. The van der Waals surface area contributed by atoms with Crippen LogP contribution in [0.4, 0.5) is 0 Å². The fraction of sp³-hybridized carbons (Fsp3) is 0.824. The highest BCUT2D eigenvalue weighted by Gasteiger charge is 2.25. The van der Waals surface area contributed by atoms with E-state index in [-0.39, 0.29) is 24.0 Å². The lowest BCUT2D eigenvalue weighted by Crippen LogP contribution is -2.55. The molecule has 1 aliphatic rings. The van der Waals surface area contributed by atoms with Crippen LogP contribution in [0.3, 0.4) is 0 Å². The van der Waals surface area contributed by atoms with Crippen LogP contribution in [0.1, 0.15) is 26.6 Å². The second-order valence-corrected chi connectivity index (χ2v) is 7.03. The Hall–Kier alpha value is -0.940. The third-order valence-electron chi connectivity index (χ3n) is 4.78. The van der Waals surface area contributed by atoms with Gasteiger partial charge >= 0.3 is 0 Å². The van der Waals surface area contributed by atoms with Gasteiger partial charge in [0.25, 0.3) is 0 Å². The highest BCUT2D eigenvalue weighted by Crippen LogP contribution is 2.12. The summed E-state index contributed by atoms with van der Waals surface area (Å²) in [6.45, 7) is 13.5. The third-order valence-corrected chi connectivity index (χ3v) is 4.78. The van der Waals surface area contributed by atoms with E-state index in [0.29, 0.717) is 18.5 Å². The minimum atomic E-state index is 0. The zero-order valence-corrected chi connectivity index (χ0v) is 19.1. The van der Waals surface area contributed by atoms with Crippen LogP contribution >= 0.6 is 24.0 Å². The van der Waals surface area contributed by atoms with Gasteiger partial charge in [-0.25, -0.2) is 9.98 Å². The zero-order chi connectivity index (χ0) is 18.2. The van der Waals surface area contributed by atoms with Crippen molar-refractivity contribution in [2.24, 2.45) is 18.0 Å². The Morgan fingerprint density at radius 3 is 2.42 bits per heavy atom. The number of rotatable bonds is 7. The van der Waals surface area contributed by atoms with E-state index in [9.17, 15) is 0 Å². The van der Waals surface area contributed by atoms with E-state index in [1.165, 1.54) is 0 Å². The first kappa shape index (κ1) is 23.1. The van der Waals surface area contributed by atoms with Crippen LogP contribution in [0.25, 0.3) is 0 Å². The summed E-state index contributed by atoms with van der Waals surface area (Å²) < 4.78 is 1.76. The molecule has 0 radical (unpaired) electrons. The van der Waals surface area contributed by atoms with Gasteiger partial charge in [0.15, 0.2) is 5.96 Å². The van der Waals surface area contributed by atoms with Crippen LogP contribution in [0, 0.1) is 5.92 Å². The van der Waals surface area contributed by atoms with Gasteiger partial charge in [0.1, 0.15) is 18.7 Å². The van der Waals surface area contributed by atoms with Crippen LogP contribution in [0.15, 0.2) is 11.3 Å². The van der Waals surface area contributed by atoms with Gasteiger partial charge in [-0.05, 0) is 19.9 Å². The molecule has 0 amide bonds. The molecule has 26 heavy (non-hydrogen) atoms. The monoisotopic (exact) mass is 478 g/mol. The lowest BCUT2D eigenvalue weighted by molar-refractivity contribution is 0.0900. The molecule has 1 aromatic heterocycles. The second kappa shape index (κ2) is 11.7. The molecule has 1 fully saturated rings. The largest absolute Gasteiger partial charge is 0.357 e. The maximum Gasteiger partial charge on any atom is 0.191 e.